The van der Waals surface area contributed by atoms with Crippen LogP contribution in [0.25, 0.3) is 0 Å². The molecular formula is C61H102O6. The molecule has 0 aromatic carbocycles. The lowest BCUT2D eigenvalue weighted by atomic mass is 10.1. The number of unbranched alkanes of at least 4 members (excludes halogenated alkanes) is 22. The summed E-state index contributed by atoms with van der Waals surface area (Å²) in [5.74, 6) is -1.01. The van der Waals surface area contributed by atoms with Gasteiger partial charge in [-0.15, -0.1) is 0 Å². The van der Waals surface area contributed by atoms with E-state index in [4.69, 9.17) is 14.2 Å². The molecule has 0 aliphatic carbocycles. The molecule has 0 aromatic heterocycles. The summed E-state index contributed by atoms with van der Waals surface area (Å²) in [6.45, 7) is 6.43. The zero-order valence-corrected chi connectivity index (χ0v) is 43.6. The van der Waals surface area contributed by atoms with Crippen molar-refractivity contribution in [1.82, 2.24) is 0 Å². The maximum Gasteiger partial charge on any atom is 0.306 e. The maximum atomic E-state index is 12.8. The third-order valence-corrected chi connectivity index (χ3v) is 11.6. The van der Waals surface area contributed by atoms with Gasteiger partial charge in [-0.05, 0) is 109 Å². The van der Waals surface area contributed by atoms with E-state index < -0.39 is 6.10 Å². The zero-order valence-electron chi connectivity index (χ0n) is 43.6. The second-order valence-electron chi connectivity index (χ2n) is 18.1. The van der Waals surface area contributed by atoms with E-state index in [0.29, 0.717) is 19.3 Å². The monoisotopic (exact) mass is 931 g/mol. The fourth-order valence-corrected chi connectivity index (χ4v) is 7.40. The minimum atomic E-state index is -0.814. The van der Waals surface area contributed by atoms with Crippen molar-refractivity contribution >= 4 is 17.9 Å². The topological polar surface area (TPSA) is 78.9 Å². The van der Waals surface area contributed by atoms with E-state index in [1.165, 1.54) is 116 Å². The summed E-state index contributed by atoms with van der Waals surface area (Å²) in [6, 6.07) is 0. The van der Waals surface area contributed by atoms with Gasteiger partial charge < -0.3 is 14.2 Å². The fourth-order valence-electron chi connectivity index (χ4n) is 7.40. The molecule has 382 valence electrons. The molecule has 0 spiro atoms. The third-order valence-electron chi connectivity index (χ3n) is 11.6. The van der Waals surface area contributed by atoms with Crippen LogP contribution in [0.3, 0.4) is 0 Å². The Labute approximate surface area is 413 Å². The van der Waals surface area contributed by atoms with Gasteiger partial charge in [0.15, 0.2) is 6.10 Å². The second-order valence-corrected chi connectivity index (χ2v) is 18.1. The van der Waals surface area contributed by atoms with E-state index in [2.05, 4.69) is 112 Å². The molecule has 0 aromatic rings. The summed E-state index contributed by atoms with van der Waals surface area (Å²) in [6.07, 6.45) is 72.6. The van der Waals surface area contributed by atoms with Crippen molar-refractivity contribution in [2.45, 2.75) is 258 Å². The molecule has 0 aliphatic heterocycles. The predicted molar refractivity (Wildman–Crippen MR) is 288 cm³/mol. The average molecular weight is 931 g/mol. The minimum absolute atomic E-state index is 0.107. The van der Waals surface area contributed by atoms with Crippen molar-refractivity contribution in [3.8, 4) is 0 Å². The van der Waals surface area contributed by atoms with Crippen LogP contribution >= 0.6 is 0 Å². The van der Waals surface area contributed by atoms with Crippen molar-refractivity contribution in [1.29, 1.82) is 0 Å². The van der Waals surface area contributed by atoms with E-state index in [9.17, 15) is 14.4 Å². The first-order valence-corrected chi connectivity index (χ1v) is 27.7. The van der Waals surface area contributed by atoms with Crippen molar-refractivity contribution in [2.24, 2.45) is 0 Å². The highest BCUT2D eigenvalue weighted by atomic mass is 16.6. The van der Waals surface area contributed by atoms with Gasteiger partial charge in [-0.25, -0.2) is 0 Å². The van der Waals surface area contributed by atoms with Crippen molar-refractivity contribution in [3.63, 3.8) is 0 Å². The molecule has 0 fully saturated rings. The number of esters is 3. The number of ether oxygens (including phenoxy) is 3. The lowest BCUT2D eigenvalue weighted by Crippen LogP contribution is -2.30. The number of hydrogen-bond acceptors (Lipinski definition) is 6. The molecule has 0 radical (unpaired) electrons. The van der Waals surface area contributed by atoms with Crippen LogP contribution < -0.4 is 0 Å². The predicted octanol–water partition coefficient (Wildman–Crippen LogP) is 18.5. The highest BCUT2D eigenvalue weighted by Gasteiger charge is 2.19. The molecule has 0 saturated heterocycles. The standard InChI is InChI=1S/C61H102O6/c1-4-7-10-13-16-19-22-25-28-29-30-31-34-36-39-42-45-48-51-54-60(63)66-57-58(67-61(64)55-52-49-46-43-40-37-33-27-24-21-18-15-12-9-6-3)56-65-59(62)53-50-47-44-41-38-35-32-26-23-20-17-14-11-8-5-2/h7,10,16,19,21,24-26,28,30-32,36,39,45,48,58H,4-6,8-9,11-15,17-18,20,22-23,27,29,33-35,37-38,40-44,46-47,49-57H2,1-3H3/b10-7-,19-16-,24-21-,28-25-,31-30-,32-26-,39-36-,48-45-/t58-/m0/s1. The highest BCUT2D eigenvalue weighted by Crippen LogP contribution is 2.14. The molecule has 0 heterocycles. The van der Waals surface area contributed by atoms with Crippen LogP contribution in [0.2, 0.25) is 0 Å². The summed E-state index contributed by atoms with van der Waals surface area (Å²) < 4.78 is 16.8. The molecule has 0 bridgehead atoms. The normalized spacial score (nSPS) is 12.8. The molecule has 0 saturated carbocycles. The first-order valence-electron chi connectivity index (χ1n) is 27.7. The van der Waals surface area contributed by atoms with E-state index in [1.54, 1.807) is 0 Å². The quantitative estimate of drug-likeness (QED) is 0.0262. The van der Waals surface area contributed by atoms with Crippen LogP contribution in [-0.4, -0.2) is 37.2 Å². The SMILES string of the molecule is CC/C=C\C/C=C\C/C=C\C/C=C\C/C=C\C/C=C\CCC(=O)OC[C@H](COC(=O)CCCCCCC/C=C\CCCCCCCC)OC(=O)CCCCCCCCC/C=C\CCCCCC. The summed E-state index contributed by atoms with van der Waals surface area (Å²) >= 11 is 0. The van der Waals surface area contributed by atoms with E-state index in [1.807, 2.05) is 6.08 Å². The highest BCUT2D eigenvalue weighted by molar-refractivity contribution is 5.71. The Morgan fingerprint density at radius 1 is 0.313 bits per heavy atom. The lowest BCUT2D eigenvalue weighted by molar-refractivity contribution is -0.166. The van der Waals surface area contributed by atoms with Gasteiger partial charge in [0.05, 0.1) is 0 Å². The van der Waals surface area contributed by atoms with Crippen molar-refractivity contribution in [3.05, 3.63) is 97.2 Å². The average Bonchev–Trinajstić information content (AvgIpc) is 3.33. The van der Waals surface area contributed by atoms with Crippen LogP contribution in [0.5, 0.6) is 0 Å². The largest absolute Gasteiger partial charge is 0.462 e. The maximum absolute atomic E-state index is 12.8. The molecule has 67 heavy (non-hydrogen) atoms. The Balaban J connectivity index is 4.52. The molecule has 1 atom stereocenters. The van der Waals surface area contributed by atoms with Gasteiger partial charge in [-0.1, -0.05) is 221 Å². The van der Waals surface area contributed by atoms with Crippen LogP contribution in [0.1, 0.15) is 252 Å². The van der Waals surface area contributed by atoms with Crippen LogP contribution in [-0.2, 0) is 28.6 Å². The molecule has 6 nitrogen and oxygen atoms in total. The van der Waals surface area contributed by atoms with Gasteiger partial charge in [-0.3, -0.25) is 14.4 Å². The van der Waals surface area contributed by atoms with Gasteiger partial charge in [0.25, 0.3) is 0 Å². The van der Waals surface area contributed by atoms with Crippen molar-refractivity contribution in [2.75, 3.05) is 13.2 Å². The van der Waals surface area contributed by atoms with Crippen molar-refractivity contribution < 1.29 is 28.6 Å². The van der Waals surface area contributed by atoms with Gasteiger partial charge in [0, 0.05) is 19.3 Å². The zero-order chi connectivity index (χ0) is 48.6. The van der Waals surface area contributed by atoms with Gasteiger partial charge >= 0.3 is 17.9 Å². The number of carbonyl (C=O) groups excluding carboxylic acids is 3. The molecule has 0 unspecified atom stereocenters. The number of carbonyl (C=O) groups is 3. The number of allylic oxidation sites excluding steroid dienone is 16. The summed E-state index contributed by atoms with van der Waals surface area (Å²) in [4.78, 5) is 38.1. The van der Waals surface area contributed by atoms with E-state index in [0.717, 1.165) is 89.9 Å². The Morgan fingerprint density at radius 3 is 1.01 bits per heavy atom. The smallest absolute Gasteiger partial charge is 0.306 e. The number of hydrogen-bond donors (Lipinski definition) is 0. The first kappa shape index (κ1) is 63.3. The molecule has 0 aliphatic rings. The molecule has 6 heteroatoms. The van der Waals surface area contributed by atoms with Gasteiger partial charge in [0.2, 0.25) is 0 Å². The third kappa shape index (κ3) is 53.2. The Hall–Kier alpha value is -3.67. The first-order chi connectivity index (χ1) is 33.0. The summed E-state index contributed by atoms with van der Waals surface area (Å²) in [7, 11) is 0. The minimum Gasteiger partial charge on any atom is -0.462 e. The summed E-state index contributed by atoms with van der Waals surface area (Å²) in [5.41, 5.74) is 0. The Morgan fingerprint density at radius 2 is 0.612 bits per heavy atom. The Bertz CT molecular complexity index is 1350. The van der Waals surface area contributed by atoms with Crippen LogP contribution in [0.4, 0.5) is 0 Å². The van der Waals surface area contributed by atoms with Gasteiger partial charge in [-0.2, -0.15) is 0 Å². The van der Waals surface area contributed by atoms with Crippen LogP contribution in [0.15, 0.2) is 97.2 Å². The molecular weight excluding hydrogens is 829 g/mol. The second kappa shape index (κ2) is 54.9. The number of rotatable bonds is 49. The van der Waals surface area contributed by atoms with Gasteiger partial charge in [0.1, 0.15) is 13.2 Å². The lowest BCUT2D eigenvalue weighted by Gasteiger charge is -2.18. The fraction of sp³-hybridized carbons (Fsp3) is 0.689. The van der Waals surface area contributed by atoms with Crippen LogP contribution in [0, 0.1) is 0 Å². The summed E-state index contributed by atoms with van der Waals surface area (Å²) in [5, 5.41) is 0. The molecule has 0 rings (SSSR count). The Kier molecular flexibility index (Phi) is 51.9. The molecule has 0 amide bonds. The van der Waals surface area contributed by atoms with E-state index >= 15 is 0 Å². The molecule has 0 N–H and O–H groups in total. The van der Waals surface area contributed by atoms with E-state index in [-0.39, 0.29) is 37.5 Å².